The van der Waals surface area contributed by atoms with E-state index in [-0.39, 0.29) is 11.5 Å². The van der Waals surface area contributed by atoms with Gasteiger partial charge in [0, 0.05) is 24.0 Å². The Morgan fingerprint density at radius 1 is 1.12 bits per heavy atom. The molecule has 0 saturated heterocycles. The monoisotopic (exact) mass is 236 g/mol. The van der Waals surface area contributed by atoms with E-state index >= 15 is 0 Å². The van der Waals surface area contributed by atoms with Crippen LogP contribution in [0.1, 0.15) is 0 Å². The molecule has 2 aromatic rings. The van der Waals surface area contributed by atoms with Crippen molar-refractivity contribution in [2.24, 2.45) is 0 Å². The van der Waals surface area contributed by atoms with Gasteiger partial charge in [-0.1, -0.05) is 0 Å². The molecule has 0 aliphatic carbocycles. The summed E-state index contributed by atoms with van der Waals surface area (Å²) in [5, 5.41) is 13.1. The maximum atomic E-state index is 13.3. The predicted octanol–water partition coefficient (Wildman–Crippen LogP) is 3.01. The first-order valence-corrected chi connectivity index (χ1v) is 4.75. The van der Waals surface area contributed by atoms with Crippen molar-refractivity contribution in [3.05, 3.63) is 53.4 Å². The molecule has 2 rings (SSSR count). The van der Waals surface area contributed by atoms with E-state index in [1.54, 1.807) is 5.48 Å². The maximum absolute atomic E-state index is 13.3. The lowest BCUT2D eigenvalue weighted by Crippen LogP contribution is -1.97. The first kappa shape index (κ1) is 11.3. The summed E-state index contributed by atoms with van der Waals surface area (Å²) < 4.78 is 26.0. The fraction of sp³-hybridized carbons (Fsp3) is 0. The van der Waals surface area contributed by atoms with Crippen molar-refractivity contribution in [3.8, 4) is 0 Å². The van der Waals surface area contributed by atoms with Crippen LogP contribution in [-0.2, 0) is 0 Å². The van der Waals surface area contributed by atoms with Crippen LogP contribution >= 0.6 is 0 Å². The third-order valence-corrected chi connectivity index (χ3v) is 2.07. The molecule has 1 aromatic heterocycles. The van der Waals surface area contributed by atoms with Gasteiger partial charge in [-0.15, -0.1) is 0 Å². The van der Waals surface area contributed by atoms with E-state index in [9.17, 15) is 14.0 Å². The standard InChI is InChI=1S/C11H8F2N3O/c12-7-1-2-10(9(13)5-7)15-11-6-8(16-17)3-4-14-11/h1-6H,(H2-,14,15,16,17)/q-1. The summed E-state index contributed by atoms with van der Waals surface area (Å²) in [4.78, 5) is 3.90. The minimum Gasteiger partial charge on any atom is -0.761 e. The molecule has 0 unspecified atom stereocenters. The first-order chi connectivity index (χ1) is 8.19. The van der Waals surface area contributed by atoms with Gasteiger partial charge in [-0.05, 0) is 18.2 Å². The van der Waals surface area contributed by atoms with Crippen LogP contribution in [0.15, 0.2) is 36.5 Å². The van der Waals surface area contributed by atoms with Crippen LogP contribution in [0.4, 0.5) is 26.0 Å². The molecule has 0 bridgehead atoms. The van der Waals surface area contributed by atoms with E-state index in [2.05, 4.69) is 10.3 Å². The molecule has 6 heteroatoms. The van der Waals surface area contributed by atoms with E-state index in [1.165, 1.54) is 24.4 Å². The van der Waals surface area contributed by atoms with E-state index in [4.69, 9.17) is 0 Å². The number of nitrogens with one attached hydrogen (secondary N) is 2. The normalized spacial score (nSPS) is 10.1. The average molecular weight is 236 g/mol. The highest BCUT2D eigenvalue weighted by atomic mass is 19.1. The van der Waals surface area contributed by atoms with Gasteiger partial charge in [0.05, 0.1) is 5.69 Å². The second-order valence-electron chi connectivity index (χ2n) is 3.28. The van der Waals surface area contributed by atoms with Gasteiger partial charge in [-0.3, -0.25) is 0 Å². The van der Waals surface area contributed by atoms with Gasteiger partial charge in [0.2, 0.25) is 0 Å². The first-order valence-electron chi connectivity index (χ1n) is 4.75. The summed E-state index contributed by atoms with van der Waals surface area (Å²) in [6.07, 6.45) is 1.39. The number of nitrogens with zero attached hydrogens (tertiary/aromatic N) is 1. The highest BCUT2D eigenvalue weighted by molar-refractivity contribution is 5.61. The predicted molar refractivity (Wildman–Crippen MR) is 60.9 cm³/mol. The Balaban J connectivity index is 2.25. The zero-order valence-electron chi connectivity index (χ0n) is 8.58. The molecule has 4 nitrogen and oxygen atoms in total. The molecule has 0 fully saturated rings. The third kappa shape index (κ3) is 2.67. The second kappa shape index (κ2) is 4.75. The van der Waals surface area contributed by atoms with Crippen LogP contribution in [0.3, 0.4) is 0 Å². The van der Waals surface area contributed by atoms with Gasteiger partial charge in [0.1, 0.15) is 17.5 Å². The lowest BCUT2D eigenvalue weighted by molar-refractivity contribution is 0.586. The van der Waals surface area contributed by atoms with Crippen LogP contribution < -0.4 is 10.8 Å². The van der Waals surface area contributed by atoms with Gasteiger partial charge in [0.15, 0.2) is 0 Å². The van der Waals surface area contributed by atoms with E-state index in [1.807, 2.05) is 0 Å². The summed E-state index contributed by atoms with van der Waals surface area (Å²) in [7, 11) is 0. The Bertz CT molecular complexity index is 534. The summed E-state index contributed by atoms with van der Waals surface area (Å²) in [6.45, 7) is 0. The highest BCUT2D eigenvalue weighted by Crippen LogP contribution is 2.20. The molecule has 17 heavy (non-hydrogen) atoms. The van der Waals surface area contributed by atoms with Crippen molar-refractivity contribution in [1.29, 1.82) is 0 Å². The van der Waals surface area contributed by atoms with Gasteiger partial charge in [-0.25, -0.2) is 13.8 Å². The van der Waals surface area contributed by atoms with Gasteiger partial charge >= 0.3 is 0 Å². The van der Waals surface area contributed by atoms with Crippen LogP contribution in [0, 0.1) is 16.8 Å². The Kier molecular flexibility index (Phi) is 3.15. The van der Waals surface area contributed by atoms with Gasteiger partial charge in [-0.2, -0.15) is 0 Å². The van der Waals surface area contributed by atoms with Gasteiger partial charge in [0.25, 0.3) is 0 Å². The van der Waals surface area contributed by atoms with Crippen molar-refractivity contribution < 1.29 is 8.78 Å². The van der Waals surface area contributed by atoms with Crippen molar-refractivity contribution in [2.75, 3.05) is 10.8 Å². The van der Waals surface area contributed by atoms with Crippen molar-refractivity contribution in [3.63, 3.8) is 0 Å². The lowest BCUT2D eigenvalue weighted by Gasteiger charge is -2.11. The number of hydrogen-bond acceptors (Lipinski definition) is 4. The van der Waals surface area contributed by atoms with Crippen molar-refractivity contribution in [2.45, 2.75) is 0 Å². The lowest BCUT2D eigenvalue weighted by atomic mass is 10.3. The van der Waals surface area contributed by atoms with Crippen molar-refractivity contribution in [1.82, 2.24) is 4.98 Å². The number of benzene rings is 1. The third-order valence-electron chi connectivity index (χ3n) is 2.07. The van der Waals surface area contributed by atoms with Crippen LogP contribution in [0.2, 0.25) is 0 Å². The molecule has 2 N–H and O–H groups in total. The number of aromatic nitrogens is 1. The molecule has 0 aliphatic rings. The van der Waals surface area contributed by atoms with Crippen LogP contribution in [0.25, 0.3) is 0 Å². The second-order valence-corrected chi connectivity index (χ2v) is 3.28. The molecule has 1 aromatic carbocycles. The van der Waals surface area contributed by atoms with E-state index < -0.39 is 11.6 Å². The van der Waals surface area contributed by atoms with Crippen LogP contribution in [-0.4, -0.2) is 4.98 Å². The average Bonchev–Trinajstić information content (AvgIpc) is 2.33. The fourth-order valence-electron chi connectivity index (χ4n) is 1.29. The number of hydrogen-bond donors (Lipinski definition) is 2. The minimum absolute atomic E-state index is 0.0851. The molecule has 0 aliphatic heterocycles. The molecule has 0 spiro atoms. The Hall–Kier alpha value is -2.21. The van der Waals surface area contributed by atoms with Gasteiger partial charge < -0.3 is 16.0 Å². The molecule has 0 amide bonds. The number of halogens is 2. The summed E-state index contributed by atoms with van der Waals surface area (Å²) in [5.41, 5.74) is 2.07. The van der Waals surface area contributed by atoms with E-state index in [0.29, 0.717) is 5.69 Å². The van der Waals surface area contributed by atoms with Crippen LogP contribution in [0.5, 0.6) is 0 Å². The summed E-state index contributed by atoms with van der Waals surface area (Å²) in [6, 6.07) is 6.03. The fourth-order valence-corrected chi connectivity index (χ4v) is 1.29. The van der Waals surface area contributed by atoms with E-state index in [0.717, 1.165) is 12.1 Å². The minimum atomic E-state index is -0.729. The summed E-state index contributed by atoms with van der Waals surface area (Å²) >= 11 is 0. The zero-order chi connectivity index (χ0) is 12.3. The number of pyridine rings is 1. The largest absolute Gasteiger partial charge is 0.761 e. The quantitative estimate of drug-likeness (QED) is 0.804. The Morgan fingerprint density at radius 3 is 2.65 bits per heavy atom. The number of rotatable bonds is 3. The van der Waals surface area contributed by atoms with Crippen molar-refractivity contribution >= 4 is 17.2 Å². The highest BCUT2D eigenvalue weighted by Gasteiger charge is 2.04. The Morgan fingerprint density at radius 2 is 1.94 bits per heavy atom. The maximum Gasteiger partial charge on any atom is 0.149 e. The SMILES string of the molecule is [O-]Nc1ccnc(Nc2ccc(F)cc2F)c1. The molecular formula is C11H8F2N3O-. The smallest absolute Gasteiger partial charge is 0.149 e. The zero-order valence-corrected chi connectivity index (χ0v) is 8.58. The number of anilines is 3. The molecule has 88 valence electrons. The molecular weight excluding hydrogens is 228 g/mol. The summed E-state index contributed by atoms with van der Waals surface area (Å²) in [5.74, 6) is -1.10. The topological polar surface area (TPSA) is 60.0 Å². The molecule has 1 heterocycles. The molecule has 0 radical (unpaired) electrons. The molecule has 0 atom stereocenters. The molecule has 0 saturated carbocycles. The Labute approximate surface area is 95.9 Å².